The largest absolute Gasteiger partial charge is 0.493 e. The van der Waals surface area contributed by atoms with Crippen LogP contribution in [0, 0.1) is 6.92 Å². The molecule has 0 bridgehead atoms. The maximum Gasteiger partial charge on any atom is 0.294 e. The maximum atomic E-state index is 10.9. The first-order valence-electron chi connectivity index (χ1n) is 5.19. The van der Waals surface area contributed by atoms with Gasteiger partial charge in [-0.3, -0.25) is 4.55 Å². The zero-order valence-corrected chi connectivity index (χ0v) is 10.6. The highest BCUT2D eigenvalue weighted by Gasteiger charge is 2.12. The first-order valence-corrected chi connectivity index (χ1v) is 6.63. The van der Waals surface area contributed by atoms with Gasteiger partial charge in [0.2, 0.25) is 0 Å². The Hall–Kier alpha value is -1.11. The molecule has 0 amide bonds. The molecule has 1 aromatic carbocycles. The van der Waals surface area contributed by atoms with E-state index in [1.54, 1.807) is 19.9 Å². The summed E-state index contributed by atoms with van der Waals surface area (Å²) in [5.74, 6) is 0.390. The molecule has 0 fully saturated rings. The van der Waals surface area contributed by atoms with Crippen molar-refractivity contribution in [1.29, 1.82) is 0 Å². The first-order chi connectivity index (χ1) is 7.80. The number of aryl methyl sites for hydroxylation is 1. The van der Waals surface area contributed by atoms with Gasteiger partial charge >= 0.3 is 0 Å². The van der Waals surface area contributed by atoms with Gasteiger partial charge in [-0.15, -0.1) is 0 Å². The van der Waals surface area contributed by atoms with Crippen molar-refractivity contribution in [2.75, 3.05) is 6.61 Å². The smallest absolute Gasteiger partial charge is 0.294 e. The molecule has 1 atom stereocenters. The Morgan fingerprint density at radius 1 is 1.41 bits per heavy atom. The zero-order chi connectivity index (χ0) is 13.1. The lowest BCUT2D eigenvalue weighted by Crippen LogP contribution is -2.08. The third-order valence-electron chi connectivity index (χ3n) is 2.25. The molecule has 0 aliphatic rings. The van der Waals surface area contributed by atoms with Crippen molar-refractivity contribution in [3.8, 4) is 5.75 Å². The third kappa shape index (κ3) is 4.33. The van der Waals surface area contributed by atoms with Gasteiger partial charge < -0.3 is 9.84 Å². The molecule has 5 nitrogen and oxygen atoms in total. The monoisotopic (exact) mass is 260 g/mol. The molecule has 2 N–H and O–H groups in total. The number of hydrogen-bond acceptors (Lipinski definition) is 4. The lowest BCUT2D eigenvalue weighted by Gasteiger charge is -2.11. The average molecular weight is 260 g/mol. The Morgan fingerprint density at radius 3 is 2.59 bits per heavy atom. The Morgan fingerprint density at radius 2 is 2.06 bits per heavy atom. The van der Waals surface area contributed by atoms with Crippen molar-refractivity contribution in [1.82, 2.24) is 0 Å². The van der Waals surface area contributed by atoms with Gasteiger partial charge in [-0.05, 0) is 25.5 Å². The van der Waals surface area contributed by atoms with Crippen LogP contribution in [0.1, 0.15) is 18.9 Å². The van der Waals surface area contributed by atoms with E-state index in [9.17, 15) is 8.42 Å². The van der Waals surface area contributed by atoms with Crippen molar-refractivity contribution in [2.24, 2.45) is 0 Å². The molecule has 17 heavy (non-hydrogen) atoms. The summed E-state index contributed by atoms with van der Waals surface area (Å²) in [5, 5.41) is 9.07. The fourth-order valence-corrected chi connectivity index (χ4v) is 1.73. The Kier molecular flexibility index (Phi) is 4.50. The number of aliphatic hydroxyl groups excluding tert-OH is 1. The van der Waals surface area contributed by atoms with Crippen LogP contribution in [0.4, 0.5) is 0 Å². The van der Waals surface area contributed by atoms with Crippen molar-refractivity contribution in [3.63, 3.8) is 0 Å². The molecule has 0 radical (unpaired) electrons. The number of hydrogen-bond donors (Lipinski definition) is 2. The van der Waals surface area contributed by atoms with Crippen LogP contribution >= 0.6 is 0 Å². The average Bonchev–Trinajstić information content (AvgIpc) is 2.18. The summed E-state index contributed by atoms with van der Waals surface area (Å²) in [6.07, 6.45) is -0.0183. The van der Waals surface area contributed by atoms with Gasteiger partial charge in [0.05, 0.1) is 17.6 Å². The topological polar surface area (TPSA) is 83.8 Å². The Bertz CT molecular complexity index is 479. The van der Waals surface area contributed by atoms with E-state index in [1.165, 1.54) is 12.1 Å². The van der Waals surface area contributed by atoms with Crippen molar-refractivity contribution < 1.29 is 22.8 Å². The van der Waals surface area contributed by atoms with Crippen LogP contribution in [0.25, 0.3) is 0 Å². The zero-order valence-electron chi connectivity index (χ0n) is 9.75. The summed E-state index contributed by atoms with van der Waals surface area (Å²) in [6.45, 7) is 3.70. The lowest BCUT2D eigenvalue weighted by atomic mass is 10.2. The van der Waals surface area contributed by atoms with E-state index in [4.69, 9.17) is 14.4 Å². The maximum absolute atomic E-state index is 10.9. The van der Waals surface area contributed by atoms with Gasteiger partial charge in [0.1, 0.15) is 5.75 Å². The SMILES string of the molecule is Cc1ccc(S(=O)(=O)O)cc1OCC[C@@H](C)O. The predicted octanol–water partition coefficient (Wildman–Crippen LogP) is 1.39. The number of aliphatic hydroxyl groups is 1. The number of rotatable bonds is 5. The van der Waals surface area contributed by atoms with Crippen LogP contribution in [0.5, 0.6) is 5.75 Å². The van der Waals surface area contributed by atoms with E-state index < -0.39 is 16.2 Å². The second-order valence-electron chi connectivity index (χ2n) is 3.89. The third-order valence-corrected chi connectivity index (χ3v) is 3.10. The summed E-state index contributed by atoms with van der Waals surface area (Å²) in [5.41, 5.74) is 0.767. The van der Waals surface area contributed by atoms with Crippen molar-refractivity contribution in [2.45, 2.75) is 31.3 Å². The second-order valence-corrected chi connectivity index (χ2v) is 5.31. The van der Waals surface area contributed by atoms with Crippen LogP contribution in [-0.2, 0) is 10.1 Å². The van der Waals surface area contributed by atoms with Crippen LogP contribution < -0.4 is 4.74 Å². The standard InChI is InChI=1S/C11H16O5S/c1-8-3-4-10(17(13,14)15)7-11(8)16-6-5-9(2)12/h3-4,7,9,12H,5-6H2,1-2H3,(H,13,14,15)/t9-/m1/s1. The normalized spacial score (nSPS) is 13.4. The summed E-state index contributed by atoms with van der Waals surface area (Å²) < 4.78 is 36.1. The minimum atomic E-state index is -4.21. The highest BCUT2D eigenvalue weighted by molar-refractivity contribution is 7.85. The molecule has 0 saturated carbocycles. The molecule has 0 unspecified atom stereocenters. The van der Waals surface area contributed by atoms with Gasteiger partial charge in [-0.25, -0.2) is 0 Å². The molecular formula is C11H16O5S. The second kappa shape index (κ2) is 5.48. The van der Waals surface area contributed by atoms with E-state index in [0.717, 1.165) is 5.56 Å². The first kappa shape index (κ1) is 14.0. The van der Waals surface area contributed by atoms with E-state index >= 15 is 0 Å². The highest BCUT2D eigenvalue weighted by atomic mass is 32.2. The molecule has 0 heterocycles. The quantitative estimate of drug-likeness (QED) is 0.782. The number of benzene rings is 1. The van der Waals surface area contributed by atoms with Gasteiger partial charge in [0.15, 0.2) is 0 Å². The predicted molar refractivity (Wildman–Crippen MR) is 62.8 cm³/mol. The molecule has 1 aromatic rings. The molecule has 0 aliphatic carbocycles. The Labute approximate surface area is 101 Å². The Balaban J connectivity index is 2.84. The summed E-state index contributed by atoms with van der Waals surface area (Å²) >= 11 is 0. The molecule has 0 aromatic heterocycles. The van der Waals surface area contributed by atoms with E-state index in [0.29, 0.717) is 12.2 Å². The molecule has 0 spiro atoms. The lowest BCUT2D eigenvalue weighted by molar-refractivity contribution is 0.155. The van der Waals surface area contributed by atoms with E-state index in [-0.39, 0.29) is 11.5 Å². The number of ether oxygens (including phenoxy) is 1. The summed E-state index contributed by atoms with van der Waals surface area (Å²) in [7, 11) is -4.21. The molecule has 0 saturated heterocycles. The molecule has 6 heteroatoms. The van der Waals surface area contributed by atoms with Crippen molar-refractivity contribution >= 4 is 10.1 Å². The van der Waals surface area contributed by atoms with E-state index in [2.05, 4.69) is 0 Å². The van der Waals surface area contributed by atoms with Crippen molar-refractivity contribution in [3.05, 3.63) is 23.8 Å². The highest BCUT2D eigenvalue weighted by Crippen LogP contribution is 2.22. The van der Waals surface area contributed by atoms with Gasteiger partial charge in [-0.2, -0.15) is 8.42 Å². The molecule has 0 aliphatic heterocycles. The molecule has 1 rings (SSSR count). The minimum Gasteiger partial charge on any atom is -0.493 e. The van der Waals surface area contributed by atoms with Gasteiger partial charge in [-0.1, -0.05) is 6.07 Å². The molecular weight excluding hydrogens is 244 g/mol. The minimum absolute atomic E-state index is 0.199. The summed E-state index contributed by atoms with van der Waals surface area (Å²) in [6, 6.07) is 4.14. The van der Waals surface area contributed by atoms with Crippen LogP contribution in [0.15, 0.2) is 23.1 Å². The molecule has 96 valence electrons. The van der Waals surface area contributed by atoms with E-state index in [1.807, 2.05) is 0 Å². The van der Waals surface area contributed by atoms with Gasteiger partial charge in [0, 0.05) is 12.5 Å². The van der Waals surface area contributed by atoms with Crippen LogP contribution in [0.3, 0.4) is 0 Å². The summed E-state index contributed by atoms with van der Waals surface area (Å²) in [4.78, 5) is -0.199. The van der Waals surface area contributed by atoms with Crippen LogP contribution in [0.2, 0.25) is 0 Å². The van der Waals surface area contributed by atoms with Gasteiger partial charge in [0.25, 0.3) is 10.1 Å². The van der Waals surface area contributed by atoms with Crippen LogP contribution in [-0.4, -0.2) is 30.8 Å². The fraction of sp³-hybridized carbons (Fsp3) is 0.455. The fourth-order valence-electron chi connectivity index (χ4n) is 1.24.